The molecule has 0 unspecified atom stereocenters. The van der Waals surface area contributed by atoms with Crippen molar-refractivity contribution in [2.45, 2.75) is 44.2 Å². The molecule has 1 fully saturated rings. The summed E-state index contributed by atoms with van der Waals surface area (Å²) in [4.78, 5) is 2.34. The lowest BCUT2D eigenvalue weighted by Crippen LogP contribution is -2.27. The molecule has 0 amide bonds. The highest BCUT2D eigenvalue weighted by Gasteiger charge is 2.25. The van der Waals surface area contributed by atoms with Crippen LogP contribution in [0.3, 0.4) is 0 Å². The van der Waals surface area contributed by atoms with Crippen LogP contribution in [0.1, 0.15) is 42.9 Å². The van der Waals surface area contributed by atoms with Gasteiger partial charge in [-0.05, 0) is 64.0 Å². The smallest absolute Gasteiger partial charge is 0.119 e. The fourth-order valence-electron chi connectivity index (χ4n) is 4.04. The maximum atomic E-state index is 6.06. The molecule has 7 heteroatoms. The molecule has 7 nitrogen and oxygen atoms in total. The largest absolute Gasteiger partial charge is 0.497 e. The molecule has 1 aliphatic carbocycles. The van der Waals surface area contributed by atoms with Crippen LogP contribution in [0, 0.1) is 0 Å². The molecule has 3 rings (SSSR count). The third-order valence-electron chi connectivity index (χ3n) is 5.78. The Bertz CT molecular complexity index is 726. The van der Waals surface area contributed by atoms with Gasteiger partial charge in [-0.25, -0.2) is 0 Å². The van der Waals surface area contributed by atoms with E-state index < -0.39 is 0 Å². The van der Waals surface area contributed by atoms with E-state index in [0.29, 0.717) is 25.2 Å². The van der Waals surface area contributed by atoms with Crippen LogP contribution in [-0.4, -0.2) is 68.7 Å². The van der Waals surface area contributed by atoms with Gasteiger partial charge in [-0.1, -0.05) is 0 Å². The molecule has 166 valence electrons. The van der Waals surface area contributed by atoms with Crippen molar-refractivity contribution in [2.75, 3.05) is 47.5 Å². The molecule has 1 saturated carbocycles. The van der Waals surface area contributed by atoms with Gasteiger partial charge in [0.15, 0.2) is 0 Å². The Morgan fingerprint density at radius 3 is 2.53 bits per heavy atom. The van der Waals surface area contributed by atoms with Crippen molar-refractivity contribution in [3.05, 3.63) is 41.7 Å². The second-order valence-corrected chi connectivity index (χ2v) is 8.02. The summed E-state index contributed by atoms with van der Waals surface area (Å²) in [5, 5.41) is 10.8. The number of hydrogen-bond donors (Lipinski definition) is 2. The van der Waals surface area contributed by atoms with E-state index in [0.717, 1.165) is 56.8 Å². The van der Waals surface area contributed by atoms with Crippen molar-refractivity contribution in [3.8, 4) is 11.5 Å². The first-order valence-electron chi connectivity index (χ1n) is 10.9. The quantitative estimate of drug-likeness (QED) is 0.518. The summed E-state index contributed by atoms with van der Waals surface area (Å²) in [5.41, 5.74) is 2.64. The Balaban J connectivity index is 1.36. The Hall–Kier alpha value is -2.09. The number of likely N-dealkylation sites (N-methyl/N-ethyl adjacent to an activating group) is 2. The van der Waals surface area contributed by atoms with Gasteiger partial charge in [-0.15, -0.1) is 0 Å². The number of ether oxygens (including phenoxy) is 3. The van der Waals surface area contributed by atoms with E-state index in [1.807, 2.05) is 37.5 Å². The fourth-order valence-corrected chi connectivity index (χ4v) is 4.04. The zero-order valence-electron chi connectivity index (χ0n) is 18.5. The molecule has 0 spiro atoms. The van der Waals surface area contributed by atoms with Crippen molar-refractivity contribution in [2.24, 2.45) is 0 Å². The number of nitrogens with zero attached hydrogens (tertiary/aromatic N) is 2. The standard InChI is InChI=1S/C23H36N4O3/c1-24-12-13-27(2)17-19-16-25-26-23(19)18-4-6-21(7-5-18)29-14-15-30-22-10-8-20(28-3)9-11-22/h8-11,16,18,21,24H,4-7,12-15,17H2,1-3H3,(H,25,26). The van der Waals surface area contributed by atoms with Gasteiger partial charge in [-0.3, -0.25) is 5.10 Å². The summed E-state index contributed by atoms with van der Waals surface area (Å²) in [7, 11) is 5.81. The molecule has 2 aromatic rings. The predicted molar refractivity (Wildman–Crippen MR) is 118 cm³/mol. The number of H-pyrrole nitrogens is 1. The molecule has 0 aliphatic heterocycles. The number of rotatable bonds is 12. The number of benzene rings is 1. The van der Waals surface area contributed by atoms with Crippen LogP contribution < -0.4 is 14.8 Å². The minimum absolute atomic E-state index is 0.324. The van der Waals surface area contributed by atoms with E-state index in [9.17, 15) is 0 Å². The highest BCUT2D eigenvalue weighted by molar-refractivity contribution is 5.31. The maximum absolute atomic E-state index is 6.06. The van der Waals surface area contributed by atoms with Crippen LogP contribution >= 0.6 is 0 Å². The van der Waals surface area contributed by atoms with Crippen LogP contribution in [-0.2, 0) is 11.3 Å². The Labute approximate surface area is 180 Å². The van der Waals surface area contributed by atoms with Crippen molar-refractivity contribution in [3.63, 3.8) is 0 Å². The van der Waals surface area contributed by atoms with Gasteiger partial charge >= 0.3 is 0 Å². The lowest BCUT2D eigenvalue weighted by atomic mass is 9.84. The monoisotopic (exact) mass is 416 g/mol. The average molecular weight is 417 g/mol. The van der Waals surface area contributed by atoms with E-state index in [2.05, 4.69) is 27.5 Å². The highest BCUT2D eigenvalue weighted by atomic mass is 16.5. The predicted octanol–water partition coefficient (Wildman–Crippen LogP) is 3.19. The molecule has 30 heavy (non-hydrogen) atoms. The molecule has 1 aromatic heterocycles. The van der Waals surface area contributed by atoms with Crippen molar-refractivity contribution < 1.29 is 14.2 Å². The molecule has 1 heterocycles. The first-order valence-corrected chi connectivity index (χ1v) is 10.9. The normalized spacial score (nSPS) is 19.2. The topological polar surface area (TPSA) is 71.6 Å². The van der Waals surface area contributed by atoms with E-state index in [-0.39, 0.29) is 0 Å². The summed E-state index contributed by atoms with van der Waals surface area (Å²) in [5.74, 6) is 2.23. The van der Waals surface area contributed by atoms with E-state index in [1.54, 1.807) is 7.11 Å². The third-order valence-corrected chi connectivity index (χ3v) is 5.78. The highest BCUT2D eigenvalue weighted by Crippen LogP contribution is 2.34. The summed E-state index contributed by atoms with van der Waals surface area (Å²) in [6, 6.07) is 7.64. The Morgan fingerprint density at radius 2 is 1.83 bits per heavy atom. The van der Waals surface area contributed by atoms with Gasteiger partial charge in [0, 0.05) is 36.8 Å². The summed E-state index contributed by atoms with van der Waals surface area (Å²) < 4.78 is 17.0. The zero-order valence-corrected chi connectivity index (χ0v) is 18.5. The van der Waals surface area contributed by atoms with Gasteiger partial charge in [0.1, 0.15) is 18.1 Å². The molecule has 1 aliphatic rings. The van der Waals surface area contributed by atoms with Crippen LogP contribution in [0.15, 0.2) is 30.5 Å². The second-order valence-electron chi connectivity index (χ2n) is 8.02. The van der Waals surface area contributed by atoms with Crippen molar-refractivity contribution in [1.82, 2.24) is 20.4 Å². The summed E-state index contributed by atoms with van der Waals surface area (Å²) >= 11 is 0. The SMILES string of the molecule is CNCCN(C)Cc1cn[nH]c1C1CCC(OCCOc2ccc(OC)cc2)CC1. The number of nitrogens with one attached hydrogen (secondary N) is 2. The minimum Gasteiger partial charge on any atom is -0.497 e. The van der Waals surface area contributed by atoms with E-state index >= 15 is 0 Å². The zero-order chi connectivity index (χ0) is 21.2. The van der Waals surface area contributed by atoms with Crippen LogP contribution in [0.2, 0.25) is 0 Å². The first kappa shape index (κ1) is 22.6. The van der Waals surface area contributed by atoms with Gasteiger partial charge in [0.05, 0.1) is 26.0 Å². The number of aromatic nitrogens is 2. The molecule has 0 bridgehead atoms. The molecular weight excluding hydrogens is 380 g/mol. The number of methoxy groups -OCH3 is 1. The molecule has 0 saturated heterocycles. The lowest BCUT2D eigenvalue weighted by molar-refractivity contribution is 0.00949. The number of hydrogen-bond acceptors (Lipinski definition) is 6. The van der Waals surface area contributed by atoms with Crippen molar-refractivity contribution >= 4 is 0 Å². The minimum atomic E-state index is 0.324. The summed E-state index contributed by atoms with van der Waals surface area (Å²) in [6.45, 7) is 4.14. The van der Waals surface area contributed by atoms with E-state index in [4.69, 9.17) is 14.2 Å². The fraction of sp³-hybridized carbons (Fsp3) is 0.609. The van der Waals surface area contributed by atoms with Gasteiger partial charge in [0.25, 0.3) is 0 Å². The lowest BCUT2D eigenvalue weighted by Gasteiger charge is -2.29. The molecule has 1 aromatic carbocycles. The summed E-state index contributed by atoms with van der Waals surface area (Å²) in [6.07, 6.45) is 6.76. The van der Waals surface area contributed by atoms with Crippen molar-refractivity contribution in [1.29, 1.82) is 0 Å². The Morgan fingerprint density at radius 1 is 1.10 bits per heavy atom. The van der Waals surface area contributed by atoms with Crippen LogP contribution in [0.5, 0.6) is 11.5 Å². The van der Waals surface area contributed by atoms with Gasteiger partial charge in [-0.2, -0.15) is 5.10 Å². The third kappa shape index (κ3) is 6.72. The average Bonchev–Trinajstić information content (AvgIpc) is 3.24. The molecule has 0 radical (unpaired) electrons. The molecule has 0 atom stereocenters. The maximum Gasteiger partial charge on any atom is 0.119 e. The molecule has 2 N–H and O–H groups in total. The van der Waals surface area contributed by atoms with Gasteiger partial charge < -0.3 is 24.4 Å². The van der Waals surface area contributed by atoms with E-state index in [1.165, 1.54) is 11.3 Å². The van der Waals surface area contributed by atoms with Crippen LogP contribution in [0.4, 0.5) is 0 Å². The molecular formula is C23H36N4O3. The van der Waals surface area contributed by atoms with Crippen LogP contribution in [0.25, 0.3) is 0 Å². The second kappa shape index (κ2) is 11.9. The van der Waals surface area contributed by atoms with Gasteiger partial charge in [0.2, 0.25) is 0 Å². The first-order chi connectivity index (χ1) is 14.7. The Kier molecular flexibility index (Phi) is 8.99. The number of aromatic amines is 1.